The highest BCUT2D eigenvalue weighted by molar-refractivity contribution is 6.30. The highest BCUT2D eigenvalue weighted by atomic mass is 35.5. The summed E-state index contributed by atoms with van der Waals surface area (Å²) in [5, 5.41) is 0.826. The second kappa shape index (κ2) is 4.41. The average molecular weight is 236 g/mol. The topological polar surface area (TPSA) is 0 Å². The lowest BCUT2D eigenvalue weighted by molar-refractivity contribution is 0.215. The summed E-state index contributed by atoms with van der Waals surface area (Å²) < 4.78 is 0. The van der Waals surface area contributed by atoms with E-state index >= 15 is 0 Å². The predicted octanol–water partition coefficient (Wildman–Crippen LogP) is 5.11. The Labute approximate surface area is 104 Å². The van der Waals surface area contributed by atoms with Gasteiger partial charge in [0.1, 0.15) is 0 Å². The second-order valence-electron chi connectivity index (χ2n) is 5.96. The van der Waals surface area contributed by atoms with Crippen LogP contribution in [0.3, 0.4) is 0 Å². The number of rotatable bonds is 1. The average Bonchev–Trinajstić information content (AvgIpc) is 2.15. The molecule has 0 saturated heterocycles. The Bertz CT molecular complexity index is 350. The zero-order chi connectivity index (χ0) is 11.8. The zero-order valence-electron chi connectivity index (χ0n) is 10.4. The molecule has 1 radical (unpaired) electrons. The maximum Gasteiger partial charge on any atom is 0.0406 e. The Hall–Kier alpha value is -0.490. The molecule has 0 spiro atoms. The summed E-state index contributed by atoms with van der Waals surface area (Å²) in [6, 6.07) is 8.31. The van der Waals surface area contributed by atoms with Gasteiger partial charge in [-0.3, -0.25) is 0 Å². The van der Waals surface area contributed by atoms with Crippen molar-refractivity contribution in [1.29, 1.82) is 0 Å². The minimum atomic E-state index is 0.451. The van der Waals surface area contributed by atoms with Crippen LogP contribution >= 0.6 is 11.6 Å². The molecule has 0 bridgehead atoms. The lowest BCUT2D eigenvalue weighted by Gasteiger charge is -2.38. The maximum absolute atomic E-state index is 5.93. The highest BCUT2D eigenvalue weighted by Crippen LogP contribution is 2.45. The fraction of sp³-hybridized carbons (Fsp3) is 0.533. The third-order valence-electron chi connectivity index (χ3n) is 3.44. The summed E-state index contributed by atoms with van der Waals surface area (Å²) in [5.41, 5.74) is 1.83. The van der Waals surface area contributed by atoms with Crippen LogP contribution in [-0.2, 0) is 0 Å². The van der Waals surface area contributed by atoms with E-state index in [9.17, 15) is 0 Å². The van der Waals surface area contributed by atoms with Gasteiger partial charge in [0.25, 0.3) is 0 Å². The van der Waals surface area contributed by atoms with Gasteiger partial charge in [0, 0.05) is 10.9 Å². The van der Waals surface area contributed by atoms with Crippen LogP contribution in [0.15, 0.2) is 24.3 Å². The summed E-state index contributed by atoms with van der Waals surface area (Å²) in [5.74, 6) is 2.40. The van der Waals surface area contributed by atoms with E-state index in [1.54, 1.807) is 5.92 Å². The molecule has 1 saturated carbocycles. The molecule has 1 aromatic carbocycles. The first-order chi connectivity index (χ1) is 7.46. The Balaban J connectivity index is 2.17. The lowest BCUT2D eigenvalue weighted by atomic mass is 9.66. The van der Waals surface area contributed by atoms with Crippen molar-refractivity contribution >= 4 is 11.6 Å². The van der Waals surface area contributed by atoms with Crippen molar-refractivity contribution in [3.05, 3.63) is 40.8 Å². The third kappa shape index (κ3) is 2.79. The van der Waals surface area contributed by atoms with E-state index in [1.165, 1.54) is 24.8 Å². The van der Waals surface area contributed by atoms with Crippen LogP contribution in [0.2, 0.25) is 5.02 Å². The SMILES string of the molecule is CC1C[C](c2ccc(Cl)cc2)CC(C)(C)C1. The predicted molar refractivity (Wildman–Crippen MR) is 70.6 cm³/mol. The van der Waals surface area contributed by atoms with Crippen LogP contribution in [0, 0.1) is 17.3 Å². The first kappa shape index (κ1) is 12.0. The van der Waals surface area contributed by atoms with Gasteiger partial charge in [0.2, 0.25) is 0 Å². The fourth-order valence-corrected chi connectivity index (χ4v) is 3.19. The molecule has 1 atom stereocenters. The van der Waals surface area contributed by atoms with Gasteiger partial charge in [-0.2, -0.15) is 0 Å². The van der Waals surface area contributed by atoms with Crippen molar-refractivity contribution in [3.63, 3.8) is 0 Å². The monoisotopic (exact) mass is 235 g/mol. The lowest BCUT2D eigenvalue weighted by Crippen LogP contribution is -2.26. The first-order valence-electron chi connectivity index (χ1n) is 6.07. The summed E-state index contributed by atoms with van der Waals surface area (Å²) in [6.45, 7) is 7.11. The molecule has 1 aliphatic carbocycles. The Kier molecular flexibility index (Phi) is 3.30. The van der Waals surface area contributed by atoms with Crippen molar-refractivity contribution in [2.24, 2.45) is 11.3 Å². The van der Waals surface area contributed by atoms with Gasteiger partial charge >= 0.3 is 0 Å². The molecule has 16 heavy (non-hydrogen) atoms. The van der Waals surface area contributed by atoms with Crippen molar-refractivity contribution in [2.45, 2.75) is 40.0 Å². The molecule has 1 heteroatoms. The van der Waals surface area contributed by atoms with Crippen molar-refractivity contribution < 1.29 is 0 Å². The first-order valence-corrected chi connectivity index (χ1v) is 6.45. The zero-order valence-corrected chi connectivity index (χ0v) is 11.1. The van der Waals surface area contributed by atoms with Gasteiger partial charge in [0.05, 0.1) is 0 Å². The minimum absolute atomic E-state index is 0.451. The van der Waals surface area contributed by atoms with Gasteiger partial charge in [-0.25, -0.2) is 0 Å². The van der Waals surface area contributed by atoms with Crippen LogP contribution in [0.25, 0.3) is 0 Å². The summed E-state index contributed by atoms with van der Waals surface area (Å²) in [6.07, 6.45) is 3.80. The van der Waals surface area contributed by atoms with Gasteiger partial charge in [0.15, 0.2) is 0 Å². The number of halogens is 1. The van der Waals surface area contributed by atoms with Crippen LogP contribution < -0.4 is 0 Å². The van der Waals surface area contributed by atoms with E-state index in [2.05, 4.69) is 32.9 Å². The normalized spacial score (nSPS) is 25.6. The molecule has 0 aromatic heterocycles. The van der Waals surface area contributed by atoms with E-state index in [4.69, 9.17) is 11.6 Å². The standard InChI is InChI=1S/C15H20Cl/c1-11-8-13(10-15(2,3)9-11)12-4-6-14(16)7-5-12/h4-7,11H,8-10H2,1-3H3. The van der Waals surface area contributed by atoms with E-state index in [0.717, 1.165) is 10.9 Å². The maximum atomic E-state index is 5.93. The van der Waals surface area contributed by atoms with Gasteiger partial charge in [-0.05, 0) is 48.3 Å². The second-order valence-corrected chi connectivity index (χ2v) is 6.40. The molecule has 0 amide bonds. The third-order valence-corrected chi connectivity index (χ3v) is 3.69. The molecule has 1 aliphatic rings. The van der Waals surface area contributed by atoms with Crippen molar-refractivity contribution in [3.8, 4) is 0 Å². The molecule has 1 fully saturated rings. The molecule has 2 rings (SSSR count). The Morgan fingerprint density at radius 1 is 1.19 bits per heavy atom. The molecule has 0 heterocycles. The summed E-state index contributed by atoms with van der Waals surface area (Å²) >= 11 is 5.93. The molecule has 1 aromatic rings. The fourth-order valence-electron chi connectivity index (χ4n) is 3.06. The van der Waals surface area contributed by atoms with Crippen LogP contribution in [0.5, 0.6) is 0 Å². The van der Waals surface area contributed by atoms with Crippen LogP contribution in [0.4, 0.5) is 0 Å². The molecule has 87 valence electrons. The number of hydrogen-bond acceptors (Lipinski definition) is 0. The number of benzene rings is 1. The highest BCUT2D eigenvalue weighted by Gasteiger charge is 2.32. The molecule has 0 aliphatic heterocycles. The molecule has 1 unspecified atom stereocenters. The summed E-state index contributed by atoms with van der Waals surface area (Å²) in [7, 11) is 0. The smallest absolute Gasteiger partial charge is 0.0406 e. The van der Waals surface area contributed by atoms with Gasteiger partial charge in [-0.15, -0.1) is 0 Å². The molecule has 0 nitrogen and oxygen atoms in total. The Morgan fingerprint density at radius 2 is 1.81 bits per heavy atom. The summed E-state index contributed by atoms with van der Waals surface area (Å²) in [4.78, 5) is 0. The number of hydrogen-bond donors (Lipinski definition) is 0. The molecular weight excluding hydrogens is 216 g/mol. The van der Waals surface area contributed by atoms with Crippen LogP contribution in [0.1, 0.15) is 45.6 Å². The van der Waals surface area contributed by atoms with Crippen molar-refractivity contribution in [1.82, 2.24) is 0 Å². The van der Waals surface area contributed by atoms with E-state index < -0.39 is 0 Å². The van der Waals surface area contributed by atoms with E-state index in [1.807, 2.05) is 12.1 Å². The molecule has 0 N–H and O–H groups in total. The largest absolute Gasteiger partial charge is 0.0843 e. The van der Waals surface area contributed by atoms with Crippen LogP contribution in [-0.4, -0.2) is 0 Å². The van der Waals surface area contributed by atoms with E-state index in [-0.39, 0.29) is 0 Å². The van der Waals surface area contributed by atoms with E-state index in [0.29, 0.717) is 5.41 Å². The van der Waals surface area contributed by atoms with Gasteiger partial charge < -0.3 is 0 Å². The van der Waals surface area contributed by atoms with Gasteiger partial charge in [-0.1, -0.05) is 44.5 Å². The minimum Gasteiger partial charge on any atom is -0.0843 e. The Morgan fingerprint density at radius 3 is 2.38 bits per heavy atom. The van der Waals surface area contributed by atoms with Crippen molar-refractivity contribution in [2.75, 3.05) is 0 Å². The quantitative estimate of drug-likeness (QED) is 0.635. The molecular formula is C15H20Cl.